The van der Waals surface area contributed by atoms with Crippen LogP contribution in [0.2, 0.25) is 0 Å². The van der Waals surface area contributed by atoms with Crippen LogP contribution in [0.3, 0.4) is 0 Å². The van der Waals surface area contributed by atoms with Gasteiger partial charge >= 0.3 is 0 Å². The molecule has 1 aromatic heterocycles. The van der Waals surface area contributed by atoms with Crippen LogP contribution in [0, 0.1) is 13.8 Å². The van der Waals surface area contributed by atoms with Crippen molar-refractivity contribution in [3.05, 3.63) is 107 Å². The standard InChI is InChI=1S/C26H24N6O/c1-18-13-14-22(19(2)15-18)27-25(33)17-31-23(20-9-5-3-6-10-20)16-24(21-11-7-4-8-12-21)32-26(31)28-29-30-32/h3-16,24H,17H2,1-2H3,(H,27,33)/t24-/m0/s1. The Bertz CT molecular complexity index is 1310. The molecular weight excluding hydrogens is 412 g/mol. The van der Waals surface area contributed by atoms with Gasteiger partial charge in [0.2, 0.25) is 5.91 Å². The van der Waals surface area contributed by atoms with Crippen LogP contribution in [-0.4, -0.2) is 32.7 Å². The van der Waals surface area contributed by atoms with Gasteiger partial charge in [0.15, 0.2) is 0 Å². The SMILES string of the molecule is Cc1ccc(NC(=O)CN2C(c3ccccc3)=C[C@@H](c3ccccc3)n3nnnc32)c(C)c1. The molecule has 0 radical (unpaired) electrons. The second kappa shape index (κ2) is 8.70. The van der Waals surface area contributed by atoms with Gasteiger partial charge in [0.1, 0.15) is 12.6 Å². The van der Waals surface area contributed by atoms with Gasteiger partial charge in [-0.15, -0.1) is 0 Å². The zero-order valence-corrected chi connectivity index (χ0v) is 18.5. The van der Waals surface area contributed by atoms with Crippen LogP contribution in [0.25, 0.3) is 5.70 Å². The number of hydrogen-bond acceptors (Lipinski definition) is 5. The Hall–Kier alpha value is -4.26. The Morgan fingerprint density at radius 3 is 2.42 bits per heavy atom. The Kier molecular flexibility index (Phi) is 5.44. The van der Waals surface area contributed by atoms with Crippen LogP contribution in [0.15, 0.2) is 84.9 Å². The highest BCUT2D eigenvalue weighted by Crippen LogP contribution is 2.36. The predicted molar refractivity (Wildman–Crippen MR) is 129 cm³/mol. The van der Waals surface area contributed by atoms with E-state index in [4.69, 9.17) is 0 Å². The second-order valence-corrected chi connectivity index (χ2v) is 8.15. The van der Waals surface area contributed by atoms with E-state index >= 15 is 0 Å². The number of aromatic nitrogens is 4. The molecule has 0 unspecified atom stereocenters. The van der Waals surface area contributed by atoms with Crippen molar-refractivity contribution in [1.29, 1.82) is 0 Å². The first-order chi connectivity index (χ1) is 16.1. The third kappa shape index (κ3) is 4.13. The van der Waals surface area contributed by atoms with Crippen LogP contribution >= 0.6 is 0 Å². The Morgan fingerprint density at radius 1 is 0.970 bits per heavy atom. The molecule has 4 aromatic rings. The van der Waals surface area contributed by atoms with Gasteiger partial charge in [-0.05, 0) is 53.1 Å². The maximum absolute atomic E-state index is 13.1. The molecule has 164 valence electrons. The number of nitrogens with zero attached hydrogens (tertiary/aromatic N) is 5. The normalized spacial score (nSPS) is 15.0. The summed E-state index contributed by atoms with van der Waals surface area (Å²) < 4.78 is 1.76. The number of carbonyl (C=O) groups excluding carboxylic acids is 1. The van der Waals surface area contributed by atoms with Crippen LogP contribution in [0.5, 0.6) is 0 Å². The van der Waals surface area contributed by atoms with Crippen molar-refractivity contribution in [2.24, 2.45) is 0 Å². The number of rotatable bonds is 5. The van der Waals surface area contributed by atoms with Gasteiger partial charge in [0.25, 0.3) is 5.95 Å². The number of amides is 1. The fourth-order valence-electron chi connectivity index (χ4n) is 4.16. The first-order valence-electron chi connectivity index (χ1n) is 10.8. The molecule has 1 amide bonds. The van der Waals surface area contributed by atoms with E-state index in [2.05, 4.69) is 45.1 Å². The lowest BCUT2D eigenvalue weighted by atomic mass is 10.0. The van der Waals surface area contributed by atoms with Crippen LogP contribution in [0.1, 0.15) is 28.3 Å². The largest absolute Gasteiger partial charge is 0.324 e. The highest BCUT2D eigenvalue weighted by Gasteiger charge is 2.31. The summed E-state index contributed by atoms with van der Waals surface area (Å²) in [5.74, 6) is 0.387. The van der Waals surface area contributed by atoms with Gasteiger partial charge in [0.05, 0.1) is 5.70 Å². The van der Waals surface area contributed by atoms with Crippen molar-refractivity contribution in [3.63, 3.8) is 0 Å². The van der Waals surface area contributed by atoms with Crippen molar-refractivity contribution in [1.82, 2.24) is 20.2 Å². The molecule has 7 nitrogen and oxygen atoms in total. The minimum atomic E-state index is -0.176. The van der Waals surface area contributed by atoms with Gasteiger partial charge in [-0.1, -0.05) is 83.5 Å². The first kappa shape index (κ1) is 20.6. The van der Waals surface area contributed by atoms with Crippen LogP contribution in [0.4, 0.5) is 11.6 Å². The van der Waals surface area contributed by atoms with Crippen LogP contribution in [-0.2, 0) is 4.79 Å². The second-order valence-electron chi connectivity index (χ2n) is 8.15. The molecule has 1 aliphatic rings. The smallest absolute Gasteiger partial charge is 0.251 e. The number of benzene rings is 3. The summed E-state index contributed by atoms with van der Waals surface area (Å²) in [4.78, 5) is 15.0. The van der Waals surface area contributed by atoms with Crippen molar-refractivity contribution in [2.45, 2.75) is 19.9 Å². The van der Waals surface area contributed by atoms with Crippen molar-refractivity contribution in [3.8, 4) is 0 Å². The maximum atomic E-state index is 13.1. The van der Waals surface area contributed by atoms with Gasteiger partial charge in [-0.2, -0.15) is 4.68 Å². The summed E-state index contributed by atoms with van der Waals surface area (Å²) in [5, 5.41) is 15.5. The highest BCUT2D eigenvalue weighted by molar-refractivity contribution is 5.97. The molecule has 0 bridgehead atoms. The number of anilines is 2. The Labute approximate surface area is 192 Å². The molecule has 0 spiro atoms. The van der Waals surface area contributed by atoms with E-state index < -0.39 is 0 Å². The predicted octanol–water partition coefficient (Wildman–Crippen LogP) is 4.38. The Balaban J connectivity index is 1.52. The number of tetrazole rings is 1. The summed E-state index contributed by atoms with van der Waals surface area (Å²) in [5.41, 5.74) is 5.93. The molecule has 0 saturated carbocycles. The summed E-state index contributed by atoms with van der Waals surface area (Å²) in [6.45, 7) is 4.10. The molecule has 7 heteroatoms. The van der Waals surface area contributed by atoms with Gasteiger partial charge < -0.3 is 5.32 Å². The average Bonchev–Trinajstić information content (AvgIpc) is 3.32. The number of hydrogen-bond donors (Lipinski definition) is 1. The van der Waals surface area contributed by atoms with E-state index in [9.17, 15) is 4.79 Å². The zero-order chi connectivity index (χ0) is 22.8. The monoisotopic (exact) mass is 436 g/mol. The van der Waals surface area contributed by atoms with Crippen LogP contribution < -0.4 is 10.2 Å². The minimum absolute atomic E-state index is 0.0793. The summed E-state index contributed by atoms with van der Waals surface area (Å²) >= 11 is 0. The lowest BCUT2D eigenvalue weighted by Crippen LogP contribution is -2.37. The summed E-state index contributed by atoms with van der Waals surface area (Å²) in [6, 6.07) is 25.9. The lowest BCUT2D eigenvalue weighted by Gasteiger charge is -2.32. The summed E-state index contributed by atoms with van der Waals surface area (Å²) in [6.07, 6.45) is 2.11. The van der Waals surface area contributed by atoms with E-state index in [1.165, 1.54) is 0 Å². The molecule has 5 rings (SSSR count). The van der Waals surface area contributed by atoms with E-state index in [0.29, 0.717) is 5.95 Å². The first-order valence-corrected chi connectivity index (χ1v) is 10.8. The summed E-state index contributed by atoms with van der Waals surface area (Å²) in [7, 11) is 0. The van der Waals surface area contributed by atoms with Gasteiger partial charge in [-0.25, -0.2) is 0 Å². The zero-order valence-electron chi connectivity index (χ0n) is 18.5. The number of nitrogens with one attached hydrogen (secondary N) is 1. The van der Waals surface area contributed by atoms with E-state index in [0.717, 1.165) is 33.6 Å². The molecule has 1 N–H and O–H groups in total. The number of fused-ring (bicyclic) bond motifs is 1. The lowest BCUT2D eigenvalue weighted by molar-refractivity contribution is -0.114. The number of aryl methyl sites for hydroxylation is 2. The minimum Gasteiger partial charge on any atom is -0.324 e. The molecule has 1 atom stereocenters. The molecule has 3 aromatic carbocycles. The highest BCUT2D eigenvalue weighted by atomic mass is 16.2. The maximum Gasteiger partial charge on any atom is 0.251 e. The molecule has 33 heavy (non-hydrogen) atoms. The van der Waals surface area contributed by atoms with Gasteiger partial charge in [0, 0.05) is 5.69 Å². The van der Waals surface area contributed by atoms with Crippen molar-refractivity contribution >= 4 is 23.2 Å². The van der Waals surface area contributed by atoms with Crippen molar-refractivity contribution in [2.75, 3.05) is 16.8 Å². The van der Waals surface area contributed by atoms with E-state index in [1.54, 1.807) is 4.68 Å². The average molecular weight is 437 g/mol. The fourth-order valence-corrected chi connectivity index (χ4v) is 4.16. The molecule has 1 aliphatic heterocycles. The van der Waals surface area contributed by atoms with E-state index in [1.807, 2.05) is 79.4 Å². The van der Waals surface area contributed by atoms with Crippen molar-refractivity contribution < 1.29 is 4.79 Å². The topological polar surface area (TPSA) is 75.9 Å². The Morgan fingerprint density at radius 2 is 1.70 bits per heavy atom. The molecule has 2 heterocycles. The molecule has 0 aliphatic carbocycles. The number of carbonyl (C=O) groups is 1. The third-order valence-electron chi connectivity index (χ3n) is 5.76. The molecule has 0 saturated heterocycles. The third-order valence-corrected chi connectivity index (χ3v) is 5.76. The fraction of sp³-hybridized carbons (Fsp3) is 0.154. The van der Waals surface area contributed by atoms with Gasteiger partial charge in [-0.3, -0.25) is 9.69 Å². The number of allylic oxidation sites excluding steroid dienone is 1. The van der Waals surface area contributed by atoms with E-state index in [-0.39, 0.29) is 18.5 Å². The molecular formula is C26H24N6O. The quantitative estimate of drug-likeness (QED) is 0.503. The molecule has 0 fully saturated rings.